The first-order chi connectivity index (χ1) is 5.33. The summed E-state index contributed by atoms with van der Waals surface area (Å²) < 4.78 is 5.50. The van der Waals surface area contributed by atoms with Gasteiger partial charge in [-0.3, -0.25) is 4.79 Å². The fourth-order valence-corrected chi connectivity index (χ4v) is 1.82. The Balaban J connectivity index is 2.25. The lowest BCUT2D eigenvalue weighted by Gasteiger charge is -2.26. The third kappa shape index (κ3) is 1.02. The van der Waals surface area contributed by atoms with E-state index in [4.69, 9.17) is 4.74 Å². The van der Waals surface area contributed by atoms with Crippen molar-refractivity contribution < 1.29 is 9.53 Å². The third-order valence-corrected chi connectivity index (χ3v) is 2.46. The van der Waals surface area contributed by atoms with Crippen LogP contribution in [-0.2, 0) is 9.53 Å². The molecule has 0 unspecified atom stereocenters. The molecule has 1 spiro atoms. The lowest BCUT2D eigenvalue weighted by Crippen LogP contribution is -2.36. The number of carbonyl (C=O) groups is 1. The highest BCUT2D eigenvalue weighted by Gasteiger charge is 2.41. The highest BCUT2D eigenvalue weighted by Crippen LogP contribution is 2.33. The maximum Gasteiger partial charge on any atom is 0.168 e. The number of hydrogen-bond donors (Lipinski definition) is 0. The number of ether oxygens (including phenoxy) is 1. The Labute approximate surface area is 66.2 Å². The van der Waals surface area contributed by atoms with E-state index in [9.17, 15) is 4.79 Å². The molecule has 2 aliphatic rings. The van der Waals surface area contributed by atoms with Gasteiger partial charge in [0, 0.05) is 6.42 Å². The van der Waals surface area contributed by atoms with E-state index in [2.05, 4.69) is 6.08 Å². The Morgan fingerprint density at radius 2 is 2.45 bits per heavy atom. The third-order valence-electron chi connectivity index (χ3n) is 2.46. The highest BCUT2D eigenvalue weighted by atomic mass is 16.5. The second-order valence-corrected chi connectivity index (χ2v) is 3.21. The molecule has 0 amide bonds. The molecule has 0 aromatic heterocycles. The van der Waals surface area contributed by atoms with Gasteiger partial charge < -0.3 is 4.74 Å². The summed E-state index contributed by atoms with van der Waals surface area (Å²) in [5.41, 5.74) is -0.488. The Morgan fingerprint density at radius 3 is 3.00 bits per heavy atom. The van der Waals surface area contributed by atoms with Gasteiger partial charge in [0.2, 0.25) is 0 Å². The van der Waals surface area contributed by atoms with Gasteiger partial charge in [-0.25, -0.2) is 0 Å². The van der Waals surface area contributed by atoms with Gasteiger partial charge in [0.05, 0.1) is 6.61 Å². The van der Waals surface area contributed by atoms with E-state index in [0.717, 1.165) is 19.3 Å². The van der Waals surface area contributed by atoms with Crippen LogP contribution in [0.3, 0.4) is 0 Å². The molecule has 0 bridgehead atoms. The first-order valence-electron chi connectivity index (χ1n) is 4.18. The maximum absolute atomic E-state index is 11.4. The van der Waals surface area contributed by atoms with Crippen molar-refractivity contribution in [2.24, 2.45) is 0 Å². The molecule has 2 heteroatoms. The predicted octanol–water partition coefficient (Wildman–Crippen LogP) is 1.45. The smallest absolute Gasteiger partial charge is 0.168 e. The van der Waals surface area contributed by atoms with Gasteiger partial charge in [-0.15, -0.1) is 0 Å². The van der Waals surface area contributed by atoms with Crippen LogP contribution in [-0.4, -0.2) is 18.0 Å². The summed E-state index contributed by atoms with van der Waals surface area (Å²) in [6, 6.07) is 0. The molecule has 0 radical (unpaired) electrons. The standard InChI is InChI=1S/C9H12O2/c10-8-4-3-6-9(8)5-1-2-7-11-9/h1,5H,2-4,6-7H2/t9-/m0/s1. The minimum absolute atomic E-state index is 0.272. The molecule has 2 rings (SSSR count). The van der Waals surface area contributed by atoms with E-state index in [0.29, 0.717) is 13.0 Å². The number of Topliss-reactive ketones (excluding diaryl/α,β-unsaturated/α-hetero) is 1. The van der Waals surface area contributed by atoms with Gasteiger partial charge in [0.1, 0.15) is 5.60 Å². The monoisotopic (exact) mass is 152 g/mol. The second-order valence-electron chi connectivity index (χ2n) is 3.21. The van der Waals surface area contributed by atoms with E-state index in [1.54, 1.807) is 0 Å². The SMILES string of the molecule is O=C1CCC[C@@]12C=CCCO2. The van der Waals surface area contributed by atoms with E-state index < -0.39 is 5.60 Å². The molecule has 0 aromatic carbocycles. The number of hydrogen-bond acceptors (Lipinski definition) is 2. The normalized spacial score (nSPS) is 36.9. The van der Waals surface area contributed by atoms with E-state index in [1.165, 1.54) is 0 Å². The van der Waals surface area contributed by atoms with Crippen LogP contribution in [0.15, 0.2) is 12.2 Å². The van der Waals surface area contributed by atoms with E-state index in [-0.39, 0.29) is 5.78 Å². The summed E-state index contributed by atoms with van der Waals surface area (Å²) in [6.45, 7) is 0.711. The van der Waals surface area contributed by atoms with Crippen LogP contribution >= 0.6 is 0 Å². The second kappa shape index (κ2) is 2.45. The quantitative estimate of drug-likeness (QED) is 0.491. The molecule has 60 valence electrons. The van der Waals surface area contributed by atoms with Crippen LogP contribution in [0.1, 0.15) is 25.7 Å². The topological polar surface area (TPSA) is 26.3 Å². The zero-order valence-corrected chi connectivity index (χ0v) is 6.51. The molecule has 1 fully saturated rings. The average molecular weight is 152 g/mol. The number of ketones is 1. The molecular formula is C9H12O2. The van der Waals surface area contributed by atoms with Gasteiger partial charge in [0.15, 0.2) is 5.78 Å². The van der Waals surface area contributed by atoms with E-state index in [1.807, 2.05) is 6.08 Å². The van der Waals surface area contributed by atoms with Crippen molar-refractivity contribution in [3.05, 3.63) is 12.2 Å². The zero-order valence-electron chi connectivity index (χ0n) is 6.51. The van der Waals surface area contributed by atoms with Crippen molar-refractivity contribution in [3.63, 3.8) is 0 Å². The molecule has 1 atom stereocenters. The molecule has 0 aromatic rings. The molecule has 1 heterocycles. The van der Waals surface area contributed by atoms with Crippen molar-refractivity contribution in [3.8, 4) is 0 Å². The molecule has 1 saturated carbocycles. The molecule has 0 N–H and O–H groups in total. The number of carbonyl (C=O) groups excluding carboxylic acids is 1. The van der Waals surface area contributed by atoms with Gasteiger partial charge in [-0.05, 0) is 25.3 Å². The lowest BCUT2D eigenvalue weighted by molar-refractivity contribution is -0.135. The first-order valence-corrected chi connectivity index (χ1v) is 4.18. The minimum Gasteiger partial charge on any atom is -0.363 e. The van der Waals surface area contributed by atoms with Crippen LogP contribution in [0.4, 0.5) is 0 Å². The largest absolute Gasteiger partial charge is 0.363 e. The Morgan fingerprint density at radius 1 is 1.55 bits per heavy atom. The Bertz CT molecular complexity index is 208. The summed E-state index contributed by atoms with van der Waals surface area (Å²) in [7, 11) is 0. The lowest BCUT2D eigenvalue weighted by atomic mass is 9.98. The van der Waals surface area contributed by atoms with Crippen LogP contribution in [0, 0.1) is 0 Å². The van der Waals surface area contributed by atoms with Gasteiger partial charge in [0.25, 0.3) is 0 Å². The van der Waals surface area contributed by atoms with Gasteiger partial charge in [-0.2, -0.15) is 0 Å². The molecule has 1 aliphatic carbocycles. The van der Waals surface area contributed by atoms with Crippen molar-refractivity contribution in [1.29, 1.82) is 0 Å². The fraction of sp³-hybridized carbons (Fsp3) is 0.667. The van der Waals surface area contributed by atoms with Crippen molar-refractivity contribution >= 4 is 5.78 Å². The summed E-state index contributed by atoms with van der Waals surface area (Å²) in [5, 5.41) is 0. The predicted molar refractivity (Wildman–Crippen MR) is 41.3 cm³/mol. The van der Waals surface area contributed by atoms with Crippen molar-refractivity contribution in [2.45, 2.75) is 31.3 Å². The Kier molecular flexibility index (Phi) is 1.57. The highest BCUT2D eigenvalue weighted by molar-refractivity contribution is 5.91. The fourth-order valence-electron chi connectivity index (χ4n) is 1.82. The van der Waals surface area contributed by atoms with Crippen LogP contribution in [0.2, 0.25) is 0 Å². The van der Waals surface area contributed by atoms with Gasteiger partial charge >= 0.3 is 0 Å². The summed E-state index contributed by atoms with van der Waals surface area (Å²) >= 11 is 0. The zero-order chi connectivity index (χ0) is 7.73. The molecular weight excluding hydrogens is 140 g/mol. The molecule has 2 nitrogen and oxygen atoms in total. The summed E-state index contributed by atoms with van der Waals surface area (Å²) in [6.07, 6.45) is 7.55. The minimum atomic E-state index is -0.488. The molecule has 0 saturated heterocycles. The van der Waals surface area contributed by atoms with E-state index >= 15 is 0 Å². The average Bonchev–Trinajstić information content (AvgIpc) is 2.36. The van der Waals surface area contributed by atoms with Crippen LogP contribution in [0.5, 0.6) is 0 Å². The molecule has 11 heavy (non-hydrogen) atoms. The van der Waals surface area contributed by atoms with Crippen molar-refractivity contribution in [2.75, 3.05) is 6.61 Å². The maximum atomic E-state index is 11.4. The summed E-state index contributed by atoms with van der Waals surface area (Å²) in [4.78, 5) is 11.4. The first kappa shape index (κ1) is 7.04. The van der Waals surface area contributed by atoms with Crippen LogP contribution < -0.4 is 0 Å². The molecule has 1 aliphatic heterocycles. The summed E-state index contributed by atoms with van der Waals surface area (Å²) in [5.74, 6) is 0.272. The van der Waals surface area contributed by atoms with Crippen molar-refractivity contribution in [1.82, 2.24) is 0 Å². The van der Waals surface area contributed by atoms with Crippen LogP contribution in [0.25, 0.3) is 0 Å². The number of rotatable bonds is 0. The van der Waals surface area contributed by atoms with Gasteiger partial charge in [-0.1, -0.05) is 6.08 Å². The Hall–Kier alpha value is -0.630.